The second-order valence-electron chi connectivity index (χ2n) is 5.07. The van der Waals surface area contributed by atoms with E-state index in [1.165, 1.54) is 25.7 Å². The lowest BCUT2D eigenvalue weighted by atomic mass is 9.80. The van der Waals surface area contributed by atoms with Crippen LogP contribution in [0.4, 0.5) is 17.3 Å². The fraction of sp³-hybridized carbons (Fsp3) is 0.615. The van der Waals surface area contributed by atoms with Crippen LogP contribution < -0.4 is 16.8 Å². The molecule has 2 unspecified atom stereocenters. The van der Waals surface area contributed by atoms with Gasteiger partial charge in [0.1, 0.15) is 11.6 Å². The second-order valence-corrected chi connectivity index (χ2v) is 5.07. The third-order valence-electron chi connectivity index (χ3n) is 3.79. The SMILES string of the molecule is CC1CCCCC1CNc1ccc(N)c(N)n1. The van der Waals surface area contributed by atoms with E-state index >= 15 is 0 Å². The molecule has 1 aromatic rings. The minimum absolute atomic E-state index is 0.409. The maximum absolute atomic E-state index is 5.68. The number of rotatable bonds is 3. The summed E-state index contributed by atoms with van der Waals surface area (Å²) in [6, 6.07) is 3.69. The molecule has 4 nitrogen and oxygen atoms in total. The minimum atomic E-state index is 0.409. The number of pyridine rings is 1. The van der Waals surface area contributed by atoms with E-state index < -0.39 is 0 Å². The van der Waals surface area contributed by atoms with Crippen molar-refractivity contribution in [3.8, 4) is 0 Å². The Hall–Kier alpha value is -1.45. The van der Waals surface area contributed by atoms with Crippen molar-refractivity contribution >= 4 is 17.3 Å². The predicted molar refractivity (Wildman–Crippen MR) is 72.7 cm³/mol. The Morgan fingerprint density at radius 3 is 2.76 bits per heavy atom. The monoisotopic (exact) mass is 234 g/mol. The van der Waals surface area contributed by atoms with Crippen LogP contribution >= 0.6 is 0 Å². The molecular formula is C13H22N4. The van der Waals surface area contributed by atoms with Crippen molar-refractivity contribution in [1.29, 1.82) is 0 Å². The Bertz CT molecular complexity index is 378. The number of nitrogens with zero attached hydrogens (tertiary/aromatic N) is 1. The van der Waals surface area contributed by atoms with Crippen molar-refractivity contribution in [2.45, 2.75) is 32.6 Å². The van der Waals surface area contributed by atoms with E-state index in [-0.39, 0.29) is 0 Å². The van der Waals surface area contributed by atoms with E-state index in [4.69, 9.17) is 11.5 Å². The van der Waals surface area contributed by atoms with Gasteiger partial charge in [-0.3, -0.25) is 0 Å². The molecule has 1 fully saturated rings. The molecule has 1 saturated carbocycles. The smallest absolute Gasteiger partial charge is 0.149 e. The summed E-state index contributed by atoms with van der Waals surface area (Å²) in [6.07, 6.45) is 5.40. The molecular weight excluding hydrogens is 212 g/mol. The average Bonchev–Trinajstić information content (AvgIpc) is 2.32. The van der Waals surface area contributed by atoms with Crippen molar-refractivity contribution in [1.82, 2.24) is 4.98 Å². The molecule has 1 aliphatic rings. The Labute approximate surface area is 103 Å². The Morgan fingerprint density at radius 1 is 1.29 bits per heavy atom. The van der Waals surface area contributed by atoms with Gasteiger partial charge in [0.05, 0.1) is 5.69 Å². The van der Waals surface area contributed by atoms with Gasteiger partial charge in [-0.15, -0.1) is 0 Å². The highest BCUT2D eigenvalue weighted by atomic mass is 15.0. The van der Waals surface area contributed by atoms with Gasteiger partial charge >= 0.3 is 0 Å². The zero-order chi connectivity index (χ0) is 12.3. The van der Waals surface area contributed by atoms with E-state index in [2.05, 4.69) is 17.2 Å². The molecule has 4 heteroatoms. The van der Waals surface area contributed by atoms with E-state index in [0.29, 0.717) is 11.5 Å². The molecule has 0 radical (unpaired) electrons. The van der Waals surface area contributed by atoms with E-state index in [9.17, 15) is 0 Å². The summed E-state index contributed by atoms with van der Waals surface area (Å²) in [5.74, 6) is 2.80. The molecule has 17 heavy (non-hydrogen) atoms. The standard InChI is InChI=1S/C13H22N4/c1-9-4-2-3-5-10(9)8-16-12-7-6-11(14)13(15)17-12/h6-7,9-10H,2-5,8,14H2,1H3,(H3,15,16,17). The third kappa shape index (κ3) is 3.02. The molecule has 2 atom stereocenters. The molecule has 0 bridgehead atoms. The van der Waals surface area contributed by atoms with Gasteiger partial charge in [-0.2, -0.15) is 0 Å². The van der Waals surface area contributed by atoms with Gasteiger partial charge in [0.2, 0.25) is 0 Å². The summed E-state index contributed by atoms with van der Waals surface area (Å²) in [5, 5.41) is 3.37. The zero-order valence-corrected chi connectivity index (χ0v) is 10.4. The van der Waals surface area contributed by atoms with Crippen LogP contribution in [-0.4, -0.2) is 11.5 Å². The van der Waals surface area contributed by atoms with Gasteiger partial charge in [-0.05, 0) is 30.4 Å². The summed E-state index contributed by atoms with van der Waals surface area (Å²) in [4.78, 5) is 4.22. The number of anilines is 3. The number of hydrogen-bond donors (Lipinski definition) is 3. The molecule has 5 N–H and O–H groups in total. The van der Waals surface area contributed by atoms with Gasteiger partial charge in [-0.1, -0.05) is 26.2 Å². The first-order chi connectivity index (χ1) is 8.16. The molecule has 1 aliphatic carbocycles. The van der Waals surface area contributed by atoms with Crippen LogP contribution in [0.2, 0.25) is 0 Å². The lowest BCUT2D eigenvalue weighted by molar-refractivity contribution is 0.268. The fourth-order valence-electron chi connectivity index (χ4n) is 2.52. The molecule has 0 spiro atoms. The second kappa shape index (κ2) is 5.25. The summed E-state index contributed by atoms with van der Waals surface area (Å²) in [5.41, 5.74) is 11.9. The number of nitrogens with two attached hydrogens (primary N) is 2. The Morgan fingerprint density at radius 2 is 2.06 bits per heavy atom. The van der Waals surface area contributed by atoms with Gasteiger partial charge in [0, 0.05) is 6.54 Å². The highest BCUT2D eigenvalue weighted by molar-refractivity contribution is 5.61. The number of hydrogen-bond acceptors (Lipinski definition) is 4. The summed E-state index contributed by atoms with van der Waals surface area (Å²) >= 11 is 0. The first kappa shape index (κ1) is 12.0. The number of nitrogens with one attached hydrogen (secondary N) is 1. The summed E-state index contributed by atoms with van der Waals surface area (Å²) < 4.78 is 0. The van der Waals surface area contributed by atoms with Crippen LogP contribution in [0, 0.1) is 11.8 Å². The quantitative estimate of drug-likeness (QED) is 0.751. The lowest BCUT2D eigenvalue weighted by Gasteiger charge is -2.29. The van der Waals surface area contributed by atoms with Crippen LogP contribution in [-0.2, 0) is 0 Å². The summed E-state index contributed by atoms with van der Waals surface area (Å²) in [7, 11) is 0. The van der Waals surface area contributed by atoms with Crippen LogP contribution in [0.1, 0.15) is 32.6 Å². The van der Waals surface area contributed by atoms with Crippen molar-refractivity contribution in [3.05, 3.63) is 12.1 Å². The molecule has 0 amide bonds. The molecule has 0 saturated heterocycles. The van der Waals surface area contributed by atoms with Crippen molar-refractivity contribution < 1.29 is 0 Å². The topological polar surface area (TPSA) is 77.0 Å². The summed E-state index contributed by atoms with van der Waals surface area (Å²) in [6.45, 7) is 3.33. The molecule has 1 aromatic heterocycles. The van der Waals surface area contributed by atoms with Gasteiger partial charge < -0.3 is 16.8 Å². The first-order valence-electron chi connectivity index (χ1n) is 6.42. The molecule has 1 heterocycles. The zero-order valence-electron chi connectivity index (χ0n) is 10.4. The molecule has 94 valence electrons. The fourth-order valence-corrected chi connectivity index (χ4v) is 2.52. The van der Waals surface area contributed by atoms with E-state index in [0.717, 1.165) is 24.2 Å². The first-order valence-corrected chi connectivity index (χ1v) is 6.42. The van der Waals surface area contributed by atoms with Gasteiger partial charge in [0.15, 0.2) is 0 Å². The predicted octanol–water partition coefficient (Wildman–Crippen LogP) is 2.48. The highest BCUT2D eigenvalue weighted by Gasteiger charge is 2.20. The maximum atomic E-state index is 5.68. The third-order valence-corrected chi connectivity index (χ3v) is 3.79. The van der Waals surface area contributed by atoms with Crippen LogP contribution in [0.5, 0.6) is 0 Å². The minimum Gasteiger partial charge on any atom is -0.396 e. The van der Waals surface area contributed by atoms with Crippen LogP contribution in [0.3, 0.4) is 0 Å². The molecule has 0 aliphatic heterocycles. The normalized spacial score (nSPS) is 24.5. The van der Waals surface area contributed by atoms with E-state index in [1.807, 2.05) is 6.07 Å². The van der Waals surface area contributed by atoms with Crippen molar-refractivity contribution in [3.63, 3.8) is 0 Å². The number of nitrogen functional groups attached to an aromatic ring is 2. The van der Waals surface area contributed by atoms with Crippen LogP contribution in [0.15, 0.2) is 12.1 Å². The van der Waals surface area contributed by atoms with E-state index in [1.54, 1.807) is 6.07 Å². The average molecular weight is 234 g/mol. The van der Waals surface area contributed by atoms with Crippen molar-refractivity contribution in [2.75, 3.05) is 23.3 Å². The maximum Gasteiger partial charge on any atom is 0.149 e. The largest absolute Gasteiger partial charge is 0.396 e. The Balaban J connectivity index is 1.90. The number of aromatic nitrogens is 1. The van der Waals surface area contributed by atoms with Gasteiger partial charge in [0.25, 0.3) is 0 Å². The lowest BCUT2D eigenvalue weighted by Crippen LogP contribution is -2.24. The van der Waals surface area contributed by atoms with Crippen LogP contribution in [0.25, 0.3) is 0 Å². The molecule has 2 rings (SSSR count). The highest BCUT2D eigenvalue weighted by Crippen LogP contribution is 2.29. The van der Waals surface area contributed by atoms with Crippen molar-refractivity contribution in [2.24, 2.45) is 11.8 Å². The van der Waals surface area contributed by atoms with Gasteiger partial charge in [-0.25, -0.2) is 4.98 Å². The molecule has 0 aromatic carbocycles. The Kier molecular flexibility index (Phi) is 3.71.